The summed E-state index contributed by atoms with van der Waals surface area (Å²) in [6, 6.07) is 3.31. The molecule has 0 saturated heterocycles. The molecule has 1 unspecified atom stereocenters. The van der Waals surface area contributed by atoms with Crippen LogP contribution >= 0.6 is 15.9 Å². The first-order valence-electron chi connectivity index (χ1n) is 6.98. The number of carbonyl (C=O) groups is 1. The fourth-order valence-corrected chi connectivity index (χ4v) is 3.16. The summed E-state index contributed by atoms with van der Waals surface area (Å²) in [4.78, 5) is 12.4. The van der Waals surface area contributed by atoms with Crippen molar-refractivity contribution < 1.29 is 23.1 Å². The van der Waals surface area contributed by atoms with Gasteiger partial charge in [-0.15, -0.1) is 0 Å². The van der Waals surface area contributed by atoms with Crippen LogP contribution in [0.2, 0.25) is 0 Å². The van der Waals surface area contributed by atoms with Gasteiger partial charge in [0.1, 0.15) is 5.75 Å². The van der Waals surface area contributed by atoms with Gasteiger partial charge in [-0.1, -0.05) is 13.8 Å². The Labute approximate surface area is 135 Å². The maximum Gasteiger partial charge on any atom is 0.471 e. The van der Waals surface area contributed by atoms with Gasteiger partial charge < -0.3 is 10.0 Å². The van der Waals surface area contributed by atoms with E-state index in [9.17, 15) is 23.1 Å². The van der Waals surface area contributed by atoms with E-state index in [0.29, 0.717) is 10.9 Å². The number of phenols is 1. The molecule has 1 heterocycles. The van der Waals surface area contributed by atoms with Crippen LogP contribution < -0.4 is 0 Å². The van der Waals surface area contributed by atoms with Crippen LogP contribution in [0.5, 0.6) is 5.75 Å². The van der Waals surface area contributed by atoms with E-state index in [0.717, 1.165) is 16.0 Å². The Kier molecular flexibility index (Phi) is 4.75. The first kappa shape index (κ1) is 17.1. The number of amides is 1. The van der Waals surface area contributed by atoms with E-state index >= 15 is 0 Å². The summed E-state index contributed by atoms with van der Waals surface area (Å²) in [5.74, 6) is -1.89. The van der Waals surface area contributed by atoms with Gasteiger partial charge in [0, 0.05) is 19.0 Å². The number of aromatic hydroxyl groups is 1. The van der Waals surface area contributed by atoms with Crippen LogP contribution in [0.3, 0.4) is 0 Å². The standard InChI is InChI=1S/C15H17BrF3NO2/c1-8(2)11-7-20(14(22)15(17,18)19)4-3-9-5-13(21)12(16)6-10(9)11/h5-6,8,11,21H,3-4,7H2,1-2H3. The summed E-state index contributed by atoms with van der Waals surface area (Å²) in [5.41, 5.74) is 1.68. The van der Waals surface area contributed by atoms with Gasteiger partial charge in [-0.25, -0.2) is 0 Å². The zero-order valence-corrected chi connectivity index (χ0v) is 13.8. The number of rotatable bonds is 1. The van der Waals surface area contributed by atoms with Crippen molar-refractivity contribution in [2.24, 2.45) is 5.92 Å². The summed E-state index contributed by atoms with van der Waals surface area (Å²) >= 11 is 3.24. The van der Waals surface area contributed by atoms with E-state index < -0.39 is 12.1 Å². The molecule has 1 aliphatic heterocycles. The minimum absolute atomic E-state index is 0.00433. The highest BCUT2D eigenvalue weighted by molar-refractivity contribution is 9.10. The van der Waals surface area contributed by atoms with Gasteiger partial charge in [-0.05, 0) is 51.5 Å². The van der Waals surface area contributed by atoms with Crippen molar-refractivity contribution in [1.82, 2.24) is 4.90 Å². The van der Waals surface area contributed by atoms with E-state index in [1.54, 1.807) is 12.1 Å². The normalized spacial score (nSPS) is 19.0. The second kappa shape index (κ2) is 6.10. The molecular formula is C15H17BrF3NO2. The summed E-state index contributed by atoms with van der Waals surface area (Å²) < 4.78 is 38.6. The number of halogens is 4. The quantitative estimate of drug-likeness (QED) is 0.805. The Bertz CT molecular complexity index is 587. The van der Waals surface area contributed by atoms with Crippen molar-refractivity contribution in [2.75, 3.05) is 13.1 Å². The fourth-order valence-electron chi connectivity index (χ4n) is 2.80. The molecule has 22 heavy (non-hydrogen) atoms. The molecule has 1 amide bonds. The van der Waals surface area contributed by atoms with Crippen molar-refractivity contribution in [3.8, 4) is 5.75 Å². The highest BCUT2D eigenvalue weighted by Gasteiger charge is 2.43. The monoisotopic (exact) mass is 379 g/mol. The van der Waals surface area contributed by atoms with Gasteiger partial charge >= 0.3 is 12.1 Å². The molecular weight excluding hydrogens is 363 g/mol. The fraction of sp³-hybridized carbons (Fsp3) is 0.533. The second-order valence-electron chi connectivity index (χ2n) is 5.85. The van der Waals surface area contributed by atoms with Crippen molar-refractivity contribution >= 4 is 21.8 Å². The lowest BCUT2D eigenvalue weighted by atomic mass is 9.85. The van der Waals surface area contributed by atoms with Crippen LogP contribution in [-0.4, -0.2) is 35.2 Å². The highest BCUT2D eigenvalue weighted by atomic mass is 79.9. The highest BCUT2D eigenvalue weighted by Crippen LogP contribution is 2.37. The molecule has 3 nitrogen and oxygen atoms in total. The molecule has 1 aromatic rings. The van der Waals surface area contributed by atoms with Crippen LogP contribution in [0.25, 0.3) is 0 Å². The summed E-state index contributed by atoms with van der Waals surface area (Å²) in [7, 11) is 0. The molecule has 1 N–H and O–H groups in total. The lowest BCUT2D eigenvalue weighted by molar-refractivity contribution is -0.185. The molecule has 122 valence electrons. The Morgan fingerprint density at radius 3 is 2.59 bits per heavy atom. The van der Waals surface area contributed by atoms with Crippen LogP contribution in [0, 0.1) is 5.92 Å². The maximum atomic E-state index is 12.7. The molecule has 1 aliphatic rings. The molecule has 0 spiro atoms. The first-order valence-corrected chi connectivity index (χ1v) is 7.78. The SMILES string of the molecule is CC(C)C1CN(C(=O)C(F)(F)F)CCc2cc(O)c(Br)cc21. The number of alkyl halides is 3. The predicted molar refractivity (Wildman–Crippen MR) is 79.7 cm³/mol. The second-order valence-corrected chi connectivity index (χ2v) is 6.71. The molecule has 1 aromatic carbocycles. The number of hydrogen-bond acceptors (Lipinski definition) is 2. The maximum absolute atomic E-state index is 12.7. The molecule has 0 radical (unpaired) electrons. The van der Waals surface area contributed by atoms with Crippen molar-refractivity contribution in [3.63, 3.8) is 0 Å². The third-order valence-electron chi connectivity index (χ3n) is 4.01. The van der Waals surface area contributed by atoms with Gasteiger partial charge in [0.25, 0.3) is 0 Å². The molecule has 0 saturated carbocycles. The molecule has 2 rings (SSSR count). The lowest BCUT2D eigenvalue weighted by Gasteiger charge is -2.28. The van der Waals surface area contributed by atoms with E-state index in [1.165, 1.54) is 0 Å². The van der Waals surface area contributed by atoms with Gasteiger partial charge in [0.2, 0.25) is 0 Å². The van der Waals surface area contributed by atoms with Crippen LogP contribution in [0.15, 0.2) is 16.6 Å². The smallest absolute Gasteiger partial charge is 0.471 e. The number of fused-ring (bicyclic) bond motifs is 1. The molecule has 0 fully saturated rings. The average Bonchev–Trinajstić information content (AvgIpc) is 2.57. The third kappa shape index (κ3) is 3.39. The number of phenolic OH excluding ortho intramolecular Hbond substituents is 1. The van der Waals surface area contributed by atoms with Crippen LogP contribution in [-0.2, 0) is 11.2 Å². The van der Waals surface area contributed by atoms with Crippen molar-refractivity contribution in [1.29, 1.82) is 0 Å². The predicted octanol–water partition coefficient (Wildman–Crippen LogP) is 3.84. The van der Waals surface area contributed by atoms with Crippen molar-refractivity contribution in [2.45, 2.75) is 32.4 Å². The first-order chi connectivity index (χ1) is 10.1. The van der Waals surface area contributed by atoms with Gasteiger partial charge in [0.15, 0.2) is 0 Å². The molecule has 7 heteroatoms. The van der Waals surface area contributed by atoms with Crippen LogP contribution in [0.4, 0.5) is 13.2 Å². The number of nitrogens with zero attached hydrogens (tertiary/aromatic N) is 1. The zero-order chi connectivity index (χ0) is 16.7. The number of benzene rings is 1. The van der Waals surface area contributed by atoms with Gasteiger partial charge in [0.05, 0.1) is 4.47 Å². The van der Waals surface area contributed by atoms with Crippen molar-refractivity contribution in [3.05, 3.63) is 27.7 Å². The molecule has 1 atom stereocenters. The number of hydrogen-bond donors (Lipinski definition) is 1. The molecule has 0 aliphatic carbocycles. The molecule has 0 bridgehead atoms. The van der Waals surface area contributed by atoms with E-state index in [4.69, 9.17) is 0 Å². The topological polar surface area (TPSA) is 40.5 Å². The number of carbonyl (C=O) groups excluding carboxylic acids is 1. The van der Waals surface area contributed by atoms with E-state index in [1.807, 2.05) is 13.8 Å². The van der Waals surface area contributed by atoms with Gasteiger partial charge in [-0.2, -0.15) is 13.2 Å². The zero-order valence-electron chi connectivity index (χ0n) is 12.2. The lowest BCUT2D eigenvalue weighted by Crippen LogP contribution is -2.43. The Morgan fingerprint density at radius 1 is 1.41 bits per heavy atom. The van der Waals surface area contributed by atoms with E-state index in [2.05, 4.69) is 15.9 Å². The Hall–Kier alpha value is -1.24. The third-order valence-corrected chi connectivity index (χ3v) is 4.65. The Morgan fingerprint density at radius 2 is 2.05 bits per heavy atom. The summed E-state index contributed by atoms with van der Waals surface area (Å²) in [5, 5.41) is 9.79. The largest absolute Gasteiger partial charge is 0.507 e. The molecule has 0 aromatic heterocycles. The van der Waals surface area contributed by atoms with E-state index in [-0.39, 0.29) is 30.7 Å². The summed E-state index contributed by atoms with van der Waals surface area (Å²) in [6.45, 7) is 3.85. The van der Waals surface area contributed by atoms with Gasteiger partial charge in [-0.3, -0.25) is 4.79 Å². The average molecular weight is 380 g/mol. The Balaban J connectivity index is 2.41. The minimum Gasteiger partial charge on any atom is -0.507 e. The summed E-state index contributed by atoms with van der Waals surface area (Å²) in [6.07, 6.45) is -4.57. The van der Waals surface area contributed by atoms with Crippen LogP contribution in [0.1, 0.15) is 30.9 Å². The minimum atomic E-state index is -4.86.